The van der Waals surface area contributed by atoms with Crippen LogP contribution in [0.2, 0.25) is 0 Å². The first-order chi connectivity index (χ1) is 8.63. The molecule has 1 aliphatic rings. The van der Waals surface area contributed by atoms with Crippen LogP contribution in [0.15, 0.2) is 24.3 Å². The summed E-state index contributed by atoms with van der Waals surface area (Å²) in [6.45, 7) is 8.00. The molecular weight excluding hydrogens is 220 g/mol. The van der Waals surface area contributed by atoms with Crippen molar-refractivity contribution in [2.45, 2.75) is 52.1 Å². The number of para-hydroxylation sites is 1. The third kappa shape index (κ3) is 2.69. The van der Waals surface area contributed by atoms with Gasteiger partial charge in [0.1, 0.15) is 0 Å². The number of hydrogen-bond donors (Lipinski definition) is 1. The van der Waals surface area contributed by atoms with Crippen LogP contribution in [0.3, 0.4) is 0 Å². The van der Waals surface area contributed by atoms with Crippen molar-refractivity contribution in [3.63, 3.8) is 0 Å². The highest BCUT2D eigenvalue weighted by Crippen LogP contribution is 2.32. The second-order valence-electron chi connectivity index (χ2n) is 5.76. The lowest BCUT2D eigenvalue weighted by Gasteiger charge is -2.40. The van der Waals surface area contributed by atoms with Crippen LogP contribution >= 0.6 is 0 Å². The molecule has 0 amide bonds. The molecule has 3 atom stereocenters. The van der Waals surface area contributed by atoms with Gasteiger partial charge in [-0.2, -0.15) is 0 Å². The maximum absolute atomic E-state index is 6.26. The number of rotatable bonds is 3. The van der Waals surface area contributed by atoms with Gasteiger partial charge in [-0.1, -0.05) is 32.0 Å². The van der Waals surface area contributed by atoms with Crippen molar-refractivity contribution in [1.82, 2.24) is 0 Å². The third-order valence-corrected chi connectivity index (χ3v) is 4.20. The molecule has 1 saturated heterocycles. The lowest BCUT2D eigenvalue weighted by Crippen LogP contribution is -2.41. The molecule has 0 bridgehead atoms. The maximum atomic E-state index is 6.26. The standard InChI is InChI=1S/C16H26N2/c1-4-15(17)14-7-5-6-8-16(14)18-11-12(2)9-10-13(18)3/h5-8,12-13,15H,4,9-11,17H2,1-3H3. The van der Waals surface area contributed by atoms with Crippen molar-refractivity contribution < 1.29 is 0 Å². The van der Waals surface area contributed by atoms with Gasteiger partial charge >= 0.3 is 0 Å². The van der Waals surface area contributed by atoms with Gasteiger partial charge in [-0.25, -0.2) is 0 Å². The second-order valence-corrected chi connectivity index (χ2v) is 5.76. The lowest BCUT2D eigenvalue weighted by atomic mass is 9.92. The Labute approximate surface area is 111 Å². The van der Waals surface area contributed by atoms with Gasteiger partial charge in [0.25, 0.3) is 0 Å². The molecule has 0 saturated carbocycles. The normalized spacial score (nSPS) is 26.1. The average Bonchev–Trinajstić information content (AvgIpc) is 2.40. The van der Waals surface area contributed by atoms with Gasteiger partial charge < -0.3 is 10.6 Å². The highest BCUT2D eigenvalue weighted by atomic mass is 15.2. The third-order valence-electron chi connectivity index (χ3n) is 4.20. The molecule has 2 N–H and O–H groups in total. The first-order valence-corrected chi connectivity index (χ1v) is 7.24. The van der Waals surface area contributed by atoms with Gasteiger partial charge in [-0.3, -0.25) is 0 Å². The molecule has 1 heterocycles. The smallest absolute Gasteiger partial charge is 0.0417 e. The average molecular weight is 246 g/mol. The van der Waals surface area contributed by atoms with Crippen LogP contribution in [0.1, 0.15) is 51.6 Å². The summed E-state index contributed by atoms with van der Waals surface area (Å²) in [5.41, 5.74) is 8.91. The Bertz CT molecular complexity index is 388. The predicted octanol–water partition coefficient (Wildman–Crippen LogP) is 3.72. The zero-order valence-electron chi connectivity index (χ0n) is 11.9. The Morgan fingerprint density at radius 3 is 2.72 bits per heavy atom. The zero-order valence-corrected chi connectivity index (χ0v) is 11.9. The Kier molecular flexibility index (Phi) is 4.28. The van der Waals surface area contributed by atoms with Gasteiger partial charge in [-0.05, 0) is 43.7 Å². The molecule has 2 heteroatoms. The largest absolute Gasteiger partial charge is 0.368 e. The van der Waals surface area contributed by atoms with E-state index in [1.54, 1.807) is 0 Å². The van der Waals surface area contributed by atoms with Crippen LogP contribution in [0.4, 0.5) is 5.69 Å². The summed E-state index contributed by atoms with van der Waals surface area (Å²) in [7, 11) is 0. The number of hydrogen-bond acceptors (Lipinski definition) is 2. The molecule has 0 spiro atoms. The van der Waals surface area contributed by atoms with Crippen LogP contribution in [0.5, 0.6) is 0 Å². The number of nitrogens with zero attached hydrogens (tertiary/aromatic N) is 1. The van der Waals surface area contributed by atoms with Gasteiger partial charge in [0.15, 0.2) is 0 Å². The predicted molar refractivity (Wildman–Crippen MR) is 78.9 cm³/mol. The maximum Gasteiger partial charge on any atom is 0.0417 e. The summed E-state index contributed by atoms with van der Waals surface area (Å²) in [6.07, 6.45) is 3.63. The van der Waals surface area contributed by atoms with Crippen LogP contribution in [-0.2, 0) is 0 Å². The Hall–Kier alpha value is -1.02. The van der Waals surface area contributed by atoms with E-state index in [0.29, 0.717) is 6.04 Å². The van der Waals surface area contributed by atoms with E-state index in [-0.39, 0.29) is 6.04 Å². The molecule has 18 heavy (non-hydrogen) atoms. The van der Waals surface area contributed by atoms with E-state index in [2.05, 4.69) is 49.9 Å². The van der Waals surface area contributed by atoms with Crippen molar-refractivity contribution in [3.05, 3.63) is 29.8 Å². The van der Waals surface area contributed by atoms with Gasteiger partial charge in [0.05, 0.1) is 0 Å². The summed E-state index contributed by atoms with van der Waals surface area (Å²) < 4.78 is 0. The molecule has 1 fully saturated rings. The SMILES string of the molecule is CCC(N)c1ccccc1N1CC(C)CCC1C. The number of benzene rings is 1. The van der Waals surface area contributed by atoms with Crippen LogP contribution < -0.4 is 10.6 Å². The molecule has 1 aliphatic heterocycles. The molecule has 0 aromatic heterocycles. The van der Waals surface area contributed by atoms with Crippen molar-refractivity contribution in [3.8, 4) is 0 Å². The molecular formula is C16H26N2. The van der Waals surface area contributed by atoms with Crippen molar-refractivity contribution in [1.29, 1.82) is 0 Å². The summed E-state index contributed by atoms with van der Waals surface area (Å²) in [4.78, 5) is 2.55. The lowest BCUT2D eigenvalue weighted by molar-refractivity contribution is 0.389. The fraction of sp³-hybridized carbons (Fsp3) is 0.625. The summed E-state index contributed by atoms with van der Waals surface area (Å²) in [5.74, 6) is 0.784. The van der Waals surface area contributed by atoms with Crippen molar-refractivity contribution >= 4 is 5.69 Å². The van der Waals surface area contributed by atoms with E-state index in [1.807, 2.05) is 0 Å². The van der Waals surface area contributed by atoms with E-state index in [9.17, 15) is 0 Å². The Morgan fingerprint density at radius 2 is 2.00 bits per heavy atom. The van der Waals surface area contributed by atoms with Gasteiger partial charge in [-0.15, -0.1) is 0 Å². The van der Waals surface area contributed by atoms with E-state index < -0.39 is 0 Å². The van der Waals surface area contributed by atoms with Gasteiger partial charge in [0, 0.05) is 24.3 Å². The summed E-state index contributed by atoms with van der Waals surface area (Å²) in [5, 5.41) is 0. The molecule has 0 aliphatic carbocycles. The highest BCUT2D eigenvalue weighted by molar-refractivity contribution is 5.56. The first-order valence-electron chi connectivity index (χ1n) is 7.24. The Balaban J connectivity index is 2.31. The molecule has 1 aromatic rings. The number of piperidine rings is 1. The van der Waals surface area contributed by atoms with E-state index in [0.717, 1.165) is 18.9 Å². The molecule has 0 radical (unpaired) electrons. The molecule has 1 aromatic carbocycles. The first kappa shape index (κ1) is 13.4. The molecule has 2 nitrogen and oxygen atoms in total. The van der Waals surface area contributed by atoms with Crippen molar-refractivity contribution in [2.75, 3.05) is 11.4 Å². The minimum Gasteiger partial charge on any atom is -0.368 e. The van der Waals surface area contributed by atoms with Crippen LogP contribution in [-0.4, -0.2) is 12.6 Å². The fourth-order valence-corrected chi connectivity index (χ4v) is 2.91. The topological polar surface area (TPSA) is 29.3 Å². The number of nitrogens with two attached hydrogens (primary N) is 1. The van der Waals surface area contributed by atoms with Crippen molar-refractivity contribution in [2.24, 2.45) is 11.7 Å². The quantitative estimate of drug-likeness (QED) is 0.880. The van der Waals surface area contributed by atoms with E-state index in [1.165, 1.54) is 24.1 Å². The second kappa shape index (κ2) is 5.75. The molecule has 3 unspecified atom stereocenters. The summed E-state index contributed by atoms with van der Waals surface area (Å²) >= 11 is 0. The van der Waals surface area contributed by atoms with Gasteiger partial charge in [0.2, 0.25) is 0 Å². The summed E-state index contributed by atoms with van der Waals surface area (Å²) in [6, 6.07) is 9.45. The number of anilines is 1. The van der Waals surface area contributed by atoms with E-state index >= 15 is 0 Å². The van der Waals surface area contributed by atoms with E-state index in [4.69, 9.17) is 5.73 Å². The highest BCUT2D eigenvalue weighted by Gasteiger charge is 2.25. The molecule has 2 rings (SSSR count). The van der Waals surface area contributed by atoms with Crippen LogP contribution in [0.25, 0.3) is 0 Å². The molecule has 100 valence electrons. The monoisotopic (exact) mass is 246 g/mol. The fourth-order valence-electron chi connectivity index (χ4n) is 2.91. The zero-order chi connectivity index (χ0) is 13.1. The minimum absolute atomic E-state index is 0.158. The van der Waals surface area contributed by atoms with Crippen LogP contribution in [0, 0.1) is 5.92 Å². The minimum atomic E-state index is 0.158. The Morgan fingerprint density at radius 1 is 1.28 bits per heavy atom.